The lowest BCUT2D eigenvalue weighted by Crippen LogP contribution is -2.27. The molecule has 0 saturated heterocycles. The van der Waals surface area contributed by atoms with Gasteiger partial charge in [-0.15, -0.1) is 0 Å². The summed E-state index contributed by atoms with van der Waals surface area (Å²) in [5, 5.41) is 2.89. The zero-order valence-electron chi connectivity index (χ0n) is 6.13. The van der Waals surface area contributed by atoms with E-state index in [4.69, 9.17) is 5.73 Å². The Morgan fingerprint density at radius 2 is 2.00 bits per heavy atom. The third-order valence-corrected chi connectivity index (χ3v) is 1.92. The van der Waals surface area contributed by atoms with Gasteiger partial charge in [0.2, 0.25) is 0 Å². The summed E-state index contributed by atoms with van der Waals surface area (Å²) in [5.41, 5.74) is 5.17. The fourth-order valence-corrected chi connectivity index (χ4v) is 1.000. The van der Waals surface area contributed by atoms with Crippen molar-refractivity contribution in [3.63, 3.8) is 0 Å². The van der Waals surface area contributed by atoms with Gasteiger partial charge in [-0.1, -0.05) is 0 Å². The molecule has 0 aromatic heterocycles. The van der Waals surface area contributed by atoms with Crippen LogP contribution in [-0.4, -0.2) is 40.1 Å². The number of hydrogen-bond acceptors (Lipinski definition) is 4. The highest BCUT2D eigenvalue weighted by atomic mass is 32.2. The second kappa shape index (κ2) is 4.65. The van der Waals surface area contributed by atoms with Crippen molar-refractivity contribution in [1.29, 1.82) is 0 Å². The van der Waals surface area contributed by atoms with E-state index in [1.54, 1.807) is 0 Å². The lowest BCUT2D eigenvalue weighted by molar-refractivity contribution is 0.597. The van der Waals surface area contributed by atoms with Gasteiger partial charge in [0.15, 0.2) is 0 Å². The van der Waals surface area contributed by atoms with E-state index < -0.39 is 9.84 Å². The molecule has 0 aliphatic rings. The smallest absolute Gasteiger partial charge is 0.148 e. The number of nitrogens with two attached hydrogens (primary N) is 1. The average Bonchev–Trinajstić information content (AvgIpc) is 1.78. The molecule has 0 unspecified atom stereocenters. The monoisotopic (exact) mass is 166 g/mol. The molecule has 0 amide bonds. The highest BCUT2D eigenvalue weighted by Gasteiger charge is 1.98. The molecule has 0 spiro atoms. The first kappa shape index (κ1) is 9.87. The van der Waals surface area contributed by atoms with Crippen molar-refractivity contribution >= 4 is 9.84 Å². The number of rotatable bonds is 5. The number of hydrogen-bond donors (Lipinski definition) is 2. The molecule has 0 saturated carbocycles. The molecule has 0 heterocycles. The molecule has 0 fully saturated rings. The molecule has 0 rings (SSSR count). The van der Waals surface area contributed by atoms with Gasteiger partial charge < -0.3 is 11.1 Å². The summed E-state index contributed by atoms with van der Waals surface area (Å²) >= 11 is 0. The Morgan fingerprint density at radius 1 is 1.40 bits per heavy atom. The molecule has 0 aromatic carbocycles. The van der Waals surface area contributed by atoms with E-state index in [9.17, 15) is 8.42 Å². The molecular weight excluding hydrogens is 152 g/mol. The van der Waals surface area contributed by atoms with Crippen molar-refractivity contribution in [3.8, 4) is 0 Å². The summed E-state index contributed by atoms with van der Waals surface area (Å²) in [5.74, 6) is 0.187. The summed E-state index contributed by atoms with van der Waals surface area (Å²) in [4.78, 5) is 0. The largest absolute Gasteiger partial charge is 0.329 e. The van der Waals surface area contributed by atoms with Crippen LogP contribution in [0.5, 0.6) is 0 Å². The Labute approximate surface area is 61.7 Å². The molecule has 0 radical (unpaired) electrons. The fourth-order valence-electron chi connectivity index (χ4n) is 0.485. The van der Waals surface area contributed by atoms with Crippen molar-refractivity contribution in [3.05, 3.63) is 0 Å². The fraction of sp³-hybridized carbons (Fsp3) is 1.00. The Hall–Kier alpha value is -0.130. The van der Waals surface area contributed by atoms with E-state index >= 15 is 0 Å². The summed E-state index contributed by atoms with van der Waals surface area (Å²) in [6, 6.07) is 0. The molecule has 0 atom stereocenters. The normalized spacial score (nSPS) is 11.8. The molecule has 5 heteroatoms. The van der Waals surface area contributed by atoms with Crippen molar-refractivity contribution in [2.24, 2.45) is 5.73 Å². The molecular formula is C5H14N2O2S. The molecule has 62 valence electrons. The quantitative estimate of drug-likeness (QED) is 0.492. The van der Waals surface area contributed by atoms with Gasteiger partial charge in [-0.05, 0) is 0 Å². The van der Waals surface area contributed by atoms with Gasteiger partial charge >= 0.3 is 0 Å². The van der Waals surface area contributed by atoms with E-state index in [-0.39, 0.29) is 5.75 Å². The van der Waals surface area contributed by atoms with Gasteiger partial charge in [0, 0.05) is 25.9 Å². The first-order valence-corrected chi connectivity index (χ1v) is 5.21. The third-order valence-electron chi connectivity index (χ3n) is 0.971. The van der Waals surface area contributed by atoms with Crippen molar-refractivity contribution in [2.75, 3.05) is 31.6 Å². The summed E-state index contributed by atoms with van der Waals surface area (Å²) in [7, 11) is -2.81. The van der Waals surface area contributed by atoms with Crippen LogP contribution in [0.1, 0.15) is 0 Å². The first-order valence-electron chi connectivity index (χ1n) is 3.15. The molecule has 10 heavy (non-hydrogen) atoms. The van der Waals surface area contributed by atoms with E-state index in [0.717, 1.165) is 0 Å². The number of nitrogens with one attached hydrogen (secondary N) is 1. The van der Waals surface area contributed by atoms with Crippen molar-refractivity contribution in [1.82, 2.24) is 5.32 Å². The predicted molar refractivity (Wildman–Crippen MR) is 41.6 cm³/mol. The molecule has 4 nitrogen and oxygen atoms in total. The van der Waals surface area contributed by atoms with Crippen molar-refractivity contribution < 1.29 is 8.42 Å². The lowest BCUT2D eigenvalue weighted by atomic mass is 10.6. The molecule has 3 N–H and O–H groups in total. The first-order chi connectivity index (χ1) is 4.56. The highest BCUT2D eigenvalue weighted by Crippen LogP contribution is 1.78. The summed E-state index contributed by atoms with van der Waals surface area (Å²) in [6.45, 7) is 1.72. The second-order valence-corrected chi connectivity index (χ2v) is 4.43. The van der Waals surface area contributed by atoms with Crippen LogP contribution >= 0.6 is 0 Å². The SMILES string of the molecule is CS(=O)(=O)CCNCCN. The molecule has 0 bridgehead atoms. The topological polar surface area (TPSA) is 72.2 Å². The van der Waals surface area contributed by atoms with Crippen LogP contribution in [0.15, 0.2) is 0 Å². The van der Waals surface area contributed by atoms with Gasteiger partial charge in [-0.3, -0.25) is 0 Å². The number of sulfone groups is 1. The Morgan fingerprint density at radius 3 is 2.40 bits per heavy atom. The zero-order chi connectivity index (χ0) is 8.04. The van der Waals surface area contributed by atoms with E-state index in [0.29, 0.717) is 19.6 Å². The van der Waals surface area contributed by atoms with E-state index in [2.05, 4.69) is 5.32 Å². The third kappa shape index (κ3) is 7.87. The molecule has 0 aliphatic carbocycles. The summed E-state index contributed by atoms with van der Waals surface area (Å²) < 4.78 is 21.0. The Balaban J connectivity index is 3.21. The van der Waals surface area contributed by atoms with Crippen LogP contribution in [0.4, 0.5) is 0 Å². The van der Waals surface area contributed by atoms with Crippen LogP contribution in [0.2, 0.25) is 0 Å². The van der Waals surface area contributed by atoms with E-state index in [1.165, 1.54) is 6.26 Å². The zero-order valence-corrected chi connectivity index (χ0v) is 6.95. The van der Waals surface area contributed by atoms with Crippen LogP contribution in [0.25, 0.3) is 0 Å². The van der Waals surface area contributed by atoms with Crippen LogP contribution in [0.3, 0.4) is 0 Å². The summed E-state index contributed by atoms with van der Waals surface area (Å²) in [6.07, 6.45) is 1.22. The van der Waals surface area contributed by atoms with E-state index in [1.807, 2.05) is 0 Å². The maximum Gasteiger partial charge on any atom is 0.148 e. The van der Waals surface area contributed by atoms with Crippen LogP contribution in [-0.2, 0) is 9.84 Å². The maximum atomic E-state index is 10.5. The Bertz CT molecular complexity index is 164. The predicted octanol–water partition coefficient (Wildman–Crippen LogP) is -1.42. The van der Waals surface area contributed by atoms with Gasteiger partial charge in [0.1, 0.15) is 9.84 Å². The van der Waals surface area contributed by atoms with Crippen molar-refractivity contribution in [2.45, 2.75) is 0 Å². The molecule has 0 aliphatic heterocycles. The second-order valence-electron chi connectivity index (χ2n) is 2.17. The Kier molecular flexibility index (Phi) is 4.59. The minimum atomic E-state index is -2.81. The molecule has 0 aromatic rings. The van der Waals surface area contributed by atoms with Crippen LogP contribution in [0, 0.1) is 0 Å². The van der Waals surface area contributed by atoms with Gasteiger partial charge in [0.25, 0.3) is 0 Å². The van der Waals surface area contributed by atoms with Gasteiger partial charge in [0.05, 0.1) is 5.75 Å². The van der Waals surface area contributed by atoms with Gasteiger partial charge in [-0.25, -0.2) is 8.42 Å². The minimum absolute atomic E-state index is 0.187. The maximum absolute atomic E-state index is 10.5. The minimum Gasteiger partial charge on any atom is -0.329 e. The van der Waals surface area contributed by atoms with Crippen LogP contribution < -0.4 is 11.1 Å². The van der Waals surface area contributed by atoms with Gasteiger partial charge in [-0.2, -0.15) is 0 Å². The average molecular weight is 166 g/mol. The standard InChI is InChI=1S/C5H14N2O2S/c1-10(8,9)5-4-7-3-2-6/h7H,2-6H2,1H3. The highest BCUT2D eigenvalue weighted by molar-refractivity contribution is 7.90. The lowest BCUT2D eigenvalue weighted by Gasteiger charge is -1.99.